The summed E-state index contributed by atoms with van der Waals surface area (Å²) in [6.07, 6.45) is 0.310. The third kappa shape index (κ3) is 8.35. The van der Waals surface area contributed by atoms with Gasteiger partial charge in [0.1, 0.15) is 0 Å². The van der Waals surface area contributed by atoms with Crippen molar-refractivity contribution in [1.82, 2.24) is 15.5 Å². The Kier molecular flexibility index (Phi) is 8.33. The number of amides is 2. The molecule has 0 heterocycles. The fourth-order valence-corrected chi connectivity index (χ4v) is 2.37. The average molecular weight is 319 g/mol. The second-order valence-electron chi connectivity index (χ2n) is 6.21. The minimum absolute atomic E-state index is 0.0327. The highest BCUT2D eigenvalue weighted by molar-refractivity contribution is 5.78. The number of hydrogen-bond acceptors (Lipinski definition) is 3. The number of nitrogens with zero attached hydrogens (tertiary/aromatic N) is 1. The second kappa shape index (κ2) is 10.0. The van der Waals surface area contributed by atoms with Crippen LogP contribution in [-0.2, 0) is 16.1 Å². The van der Waals surface area contributed by atoms with Gasteiger partial charge in [-0.3, -0.25) is 14.5 Å². The predicted molar refractivity (Wildman–Crippen MR) is 92.9 cm³/mol. The molecule has 5 heteroatoms. The van der Waals surface area contributed by atoms with E-state index >= 15 is 0 Å². The molecule has 1 unspecified atom stereocenters. The Balaban J connectivity index is 2.43. The maximum Gasteiger partial charge on any atom is 0.222 e. The van der Waals surface area contributed by atoms with Crippen molar-refractivity contribution in [3.8, 4) is 0 Å². The minimum atomic E-state index is -0.111. The van der Waals surface area contributed by atoms with E-state index in [2.05, 4.69) is 41.5 Å². The van der Waals surface area contributed by atoms with E-state index in [4.69, 9.17) is 0 Å². The third-order valence-corrected chi connectivity index (χ3v) is 3.60. The number of carbonyl (C=O) groups excluding carboxylic acids is 2. The Morgan fingerprint density at radius 3 is 2.35 bits per heavy atom. The topological polar surface area (TPSA) is 61.4 Å². The standard InChI is InChI=1S/C18H29N3O2/c1-14(2)21(13-17-8-6-5-7-9-17)12-15(3)20-18(23)10-11-19-16(4)22/h5-9,14-15H,10-13H2,1-4H3,(H,19,22)(H,20,23). The molecule has 0 radical (unpaired) electrons. The average Bonchev–Trinajstić information content (AvgIpc) is 2.47. The molecule has 0 aliphatic carbocycles. The van der Waals surface area contributed by atoms with Gasteiger partial charge in [0, 0.05) is 45.1 Å². The summed E-state index contributed by atoms with van der Waals surface area (Å²) in [5.41, 5.74) is 1.27. The van der Waals surface area contributed by atoms with Crippen molar-refractivity contribution in [1.29, 1.82) is 0 Å². The molecule has 0 aliphatic rings. The molecular weight excluding hydrogens is 290 g/mol. The SMILES string of the molecule is CC(=O)NCCC(=O)NC(C)CN(Cc1ccccc1)C(C)C. The highest BCUT2D eigenvalue weighted by Gasteiger charge is 2.15. The molecule has 1 rings (SSSR count). The van der Waals surface area contributed by atoms with Crippen molar-refractivity contribution < 1.29 is 9.59 Å². The monoisotopic (exact) mass is 319 g/mol. The molecule has 0 saturated carbocycles. The molecule has 0 aliphatic heterocycles. The van der Waals surface area contributed by atoms with E-state index in [1.165, 1.54) is 12.5 Å². The van der Waals surface area contributed by atoms with Gasteiger partial charge in [-0.05, 0) is 26.3 Å². The number of rotatable bonds is 9. The van der Waals surface area contributed by atoms with Crippen molar-refractivity contribution in [3.63, 3.8) is 0 Å². The molecule has 128 valence electrons. The van der Waals surface area contributed by atoms with Gasteiger partial charge in [0.2, 0.25) is 11.8 Å². The molecule has 1 aromatic carbocycles. The van der Waals surface area contributed by atoms with E-state index in [0.717, 1.165) is 13.1 Å². The van der Waals surface area contributed by atoms with Crippen LogP contribution in [0.3, 0.4) is 0 Å². The smallest absolute Gasteiger partial charge is 0.222 e. The molecule has 2 amide bonds. The van der Waals surface area contributed by atoms with E-state index in [1.54, 1.807) is 0 Å². The summed E-state index contributed by atoms with van der Waals surface area (Å²) in [6.45, 7) is 9.82. The van der Waals surface area contributed by atoms with Gasteiger partial charge in [-0.2, -0.15) is 0 Å². The molecule has 0 bridgehead atoms. The van der Waals surface area contributed by atoms with Gasteiger partial charge in [-0.15, -0.1) is 0 Å². The first kappa shape index (κ1) is 19.2. The zero-order valence-electron chi connectivity index (χ0n) is 14.6. The number of benzene rings is 1. The lowest BCUT2D eigenvalue weighted by atomic mass is 10.1. The Morgan fingerprint density at radius 1 is 1.13 bits per heavy atom. The molecule has 1 aromatic rings. The molecule has 23 heavy (non-hydrogen) atoms. The molecule has 0 fully saturated rings. The van der Waals surface area contributed by atoms with Crippen LogP contribution in [0.5, 0.6) is 0 Å². The molecule has 1 atom stereocenters. The molecule has 5 nitrogen and oxygen atoms in total. The quantitative estimate of drug-likeness (QED) is 0.731. The summed E-state index contributed by atoms with van der Waals surface area (Å²) < 4.78 is 0. The molecule has 0 saturated heterocycles. The van der Waals surface area contributed by atoms with Crippen LogP contribution in [0.4, 0.5) is 0 Å². The van der Waals surface area contributed by atoms with Crippen LogP contribution >= 0.6 is 0 Å². The van der Waals surface area contributed by atoms with Gasteiger partial charge >= 0.3 is 0 Å². The van der Waals surface area contributed by atoms with Crippen LogP contribution in [0.2, 0.25) is 0 Å². The van der Waals surface area contributed by atoms with Gasteiger partial charge < -0.3 is 10.6 Å². The minimum Gasteiger partial charge on any atom is -0.356 e. The molecular formula is C18H29N3O2. The van der Waals surface area contributed by atoms with E-state index in [9.17, 15) is 9.59 Å². The number of carbonyl (C=O) groups is 2. The lowest BCUT2D eigenvalue weighted by molar-refractivity contribution is -0.122. The van der Waals surface area contributed by atoms with Crippen LogP contribution in [0.1, 0.15) is 39.7 Å². The highest BCUT2D eigenvalue weighted by atomic mass is 16.2. The largest absolute Gasteiger partial charge is 0.356 e. The summed E-state index contributed by atoms with van der Waals surface area (Å²) in [7, 11) is 0. The summed E-state index contributed by atoms with van der Waals surface area (Å²) in [5.74, 6) is -0.144. The van der Waals surface area contributed by atoms with Crippen LogP contribution in [-0.4, -0.2) is 41.9 Å². The fourth-order valence-electron chi connectivity index (χ4n) is 2.37. The Morgan fingerprint density at radius 2 is 1.78 bits per heavy atom. The van der Waals surface area contributed by atoms with Gasteiger partial charge in [-0.1, -0.05) is 30.3 Å². The van der Waals surface area contributed by atoms with E-state index < -0.39 is 0 Å². The molecule has 0 aromatic heterocycles. The van der Waals surface area contributed by atoms with Gasteiger partial charge in [0.05, 0.1) is 0 Å². The van der Waals surface area contributed by atoms with Crippen molar-refractivity contribution in [2.75, 3.05) is 13.1 Å². The Labute approximate surface area is 139 Å². The number of hydrogen-bond donors (Lipinski definition) is 2. The van der Waals surface area contributed by atoms with Crippen LogP contribution in [0, 0.1) is 0 Å². The summed E-state index contributed by atoms with van der Waals surface area (Å²) in [4.78, 5) is 25.0. The zero-order chi connectivity index (χ0) is 17.2. The lowest BCUT2D eigenvalue weighted by Gasteiger charge is -2.29. The maximum absolute atomic E-state index is 11.9. The van der Waals surface area contributed by atoms with Gasteiger partial charge in [0.15, 0.2) is 0 Å². The molecule has 0 spiro atoms. The highest BCUT2D eigenvalue weighted by Crippen LogP contribution is 2.08. The van der Waals surface area contributed by atoms with E-state index in [1.807, 2.05) is 25.1 Å². The summed E-state index contributed by atoms with van der Waals surface area (Å²) in [6, 6.07) is 10.8. The summed E-state index contributed by atoms with van der Waals surface area (Å²) in [5, 5.41) is 5.62. The normalized spacial score (nSPS) is 12.3. The Bertz CT molecular complexity index is 488. The van der Waals surface area contributed by atoms with Crippen LogP contribution in [0.15, 0.2) is 30.3 Å². The van der Waals surface area contributed by atoms with Crippen LogP contribution in [0.25, 0.3) is 0 Å². The maximum atomic E-state index is 11.9. The summed E-state index contributed by atoms with van der Waals surface area (Å²) >= 11 is 0. The van der Waals surface area contributed by atoms with Crippen LogP contribution < -0.4 is 10.6 Å². The first-order chi connectivity index (χ1) is 10.9. The van der Waals surface area contributed by atoms with Crippen molar-refractivity contribution in [3.05, 3.63) is 35.9 Å². The number of nitrogens with one attached hydrogen (secondary N) is 2. The lowest BCUT2D eigenvalue weighted by Crippen LogP contribution is -2.44. The molecule has 2 N–H and O–H groups in total. The predicted octanol–water partition coefficient (Wildman–Crippen LogP) is 1.93. The van der Waals surface area contributed by atoms with Crippen molar-refractivity contribution in [2.45, 2.75) is 52.7 Å². The fraction of sp³-hybridized carbons (Fsp3) is 0.556. The second-order valence-corrected chi connectivity index (χ2v) is 6.21. The van der Waals surface area contributed by atoms with Crippen molar-refractivity contribution >= 4 is 11.8 Å². The zero-order valence-corrected chi connectivity index (χ0v) is 14.6. The first-order valence-electron chi connectivity index (χ1n) is 8.20. The first-order valence-corrected chi connectivity index (χ1v) is 8.20. The van der Waals surface area contributed by atoms with Gasteiger partial charge in [0.25, 0.3) is 0 Å². The van der Waals surface area contributed by atoms with E-state index in [-0.39, 0.29) is 17.9 Å². The third-order valence-electron chi connectivity index (χ3n) is 3.60. The Hall–Kier alpha value is -1.88. The van der Waals surface area contributed by atoms with E-state index in [0.29, 0.717) is 19.0 Å². The van der Waals surface area contributed by atoms with Crippen molar-refractivity contribution in [2.24, 2.45) is 0 Å². The van der Waals surface area contributed by atoms with Gasteiger partial charge in [-0.25, -0.2) is 0 Å².